The van der Waals surface area contributed by atoms with Crippen molar-refractivity contribution in [2.45, 2.75) is 25.5 Å². The Morgan fingerprint density at radius 2 is 2.15 bits per heavy atom. The second kappa shape index (κ2) is 7.37. The Balaban J connectivity index is 2.94. The van der Waals surface area contributed by atoms with Crippen LogP contribution < -0.4 is 5.32 Å². The molecule has 0 spiro atoms. The summed E-state index contributed by atoms with van der Waals surface area (Å²) in [6.07, 6.45) is 2.02. The quantitative estimate of drug-likeness (QED) is 0.836. The molecule has 2 N–H and O–H groups in total. The van der Waals surface area contributed by atoms with Gasteiger partial charge in [-0.2, -0.15) is 11.8 Å². The first-order valence-electron chi connectivity index (χ1n) is 6.43. The van der Waals surface area contributed by atoms with Crippen LogP contribution in [0.5, 0.6) is 0 Å². The second-order valence-corrected chi connectivity index (χ2v) is 6.67. The third-order valence-electron chi connectivity index (χ3n) is 2.95. The van der Waals surface area contributed by atoms with Crippen LogP contribution in [0.3, 0.4) is 0 Å². The van der Waals surface area contributed by atoms with Crippen molar-refractivity contribution < 1.29 is 9.90 Å². The third-order valence-corrected chi connectivity index (χ3v) is 4.20. The van der Waals surface area contributed by atoms with Crippen molar-refractivity contribution >= 4 is 17.7 Å². The Hall–Kier alpha value is -1.44. The van der Waals surface area contributed by atoms with E-state index in [0.29, 0.717) is 17.7 Å². The minimum Gasteiger partial charge on any atom is -0.384 e. The van der Waals surface area contributed by atoms with Gasteiger partial charge in [0.1, 0.15) is 6.61 Å². The zero-order valence-corrected chi connectivity index (χ0v) is 13.2. The molecule has 1 aromatic carbocycles. The fraction of sp³-hybridized carbons (Fsp3) is 0.438. The van der Waals surface area contributed by atoms with E-state index in [2.05, 4.69) is 31.0 Å². The van der Waals surface area contributed by atoms with E-state index in [-0.39, 0.29) is 17.3 Å². The van der Waals surface area contributed by atoms with Crippen LogP contribution in [0.15, 0.2) is 18.2 Å². The molecule has 0 atom stereocenters. The van der Waals surface area contributed by atoms with Crippen molar-refractivity contribution in [2.24, 2.45) is 0 Å². The fourth-order valence-corrected chi connectivity index (χ4v) is 1.77. The topological polar surface area (TPSA) is 49.3 Å². The SMILES string of the molecule is CSC(C)(C)CNC(=O)c1cc(C)ccc1C#CCO. The number of rotatable bonds is 4. The molecule has 1 amide bonds. The Kier molecular flexibility index (Phi) is 6.12. The average molecular weight is 291 g/mol. The largest absolute Gasteiger partial charge is 0.384 e. The maximum absolute atomic E-state index is 12.3. The van der Waals surface area contributed by atoms with Gasteiger partial charge in [-0.1, -0.05) is 23.5 Å². The molecule has 0 radical (unpaired) electrons. The number of carbonyl (C=O) groups excluding carboxylic acids is 1. The number of hydrogen-bond donors (Lipinski definition) is 2. The summed E-state index contributed by atoms with van der Waals surface area (Å²) in [7, 11) is 0. The van der Waals surface area contributed by atoms with Gasteiger partial charge in [-0.15, -0.1) is 0 Å². The van der Waals surface area contributed by atoms with Crippen molar-refractivity contribution in [1.82, 2.24) is 5.32 Å². The van der Waals surface area contributed by atoms with Crippen LogP contribution in [-0.2, 0) is 0 Å². The Morgan fingerprint density at radius 1 is 1.45 bits per heavy atom. The van der Waals surface area contributed by atoms with E-state index in [1.165, 1.54) is 0 Å². The number of thioether (sulfide) groups is 1. The summed E-state index contributed by atoms with van der Waals surface area (Å²) in [5.41, 5.74) is 2.21. The van der Waals surface area contributed by atoms with E-state index in [1.54, 1.807) is 11.8 Å². The first-order chi connectivity index (χ1) is 9.39. The highest BCUT2D eigenvalue weighted by molar-refractivity contribution is 7.99. The third kappa shape index (κ3) is 4.92. The van der Waals surface area contributed by atoms with E-state index < -0.39 is 0 Å². The van der Waals surface area contributed by atoms with E-state index in [1.807, 2.05) is 31.4 Å². The number of aliphatic hydroxyl groups is 1. The molecule has 1 rings (SSSR count). The van der Waals surface area contributed by atoms with Gasteiger partial charge >= 0.3 is 0 Å². The molecule has 0 saturated heterocycles. The molecule has 4 heteroatoms. The van der Waals surface area contributed by atoms with Crippen molar-refractivity contribution in [2.75, 3.05) is 19.4 Å². The molecular formula is C16H21NO2S. The molecule has 0 bridgehead atoms. The predicted octanol–water partition coefficient (Wildman–Crippen LogP) is 2.21. The molecule has 0 fully saturated rings. The van der Waals surface area contributed by atoms with E-state index in [0.717, 1.165) is 5.56 Å². The van der Waals surface area contributed by atoms with E-state index in [4.69, 9.17) is 5.11 Å². The summed E-state index contributed by atoms with van der Waals surface area (Å²) < 4.78 is -0.00355. The van der Waals surface area contributed by atoms with Gasteiger partial charge in [0.25, 0.3) is 5.91 Å². The summed E-state index contributed by atoms with van der Waals surface area (Å²) in [4.78, 5) is 12.3. The van der Waals surface area contributed by atoms with Crippen LogP contribution in [0.2, 0.25) is 0 Å². The number of nitrogens with one attached hydrogen (secondary N) is 1. The van der Waals surface area contributed by atoms with E-state index in [9.17, 15) is 4.79 Å². The van der Waals surface area contributed by atoms with Crippen molar-refractivity contribution in [3.05, 3.63) is 34.9 Å². The van der Waals surface area contributed by atoms with Gasteiger partial charge in [0, 0.05) is 16.9 Å². The molecule has 0 heterocycles. The number of benzene rings is 1. The highest BCUT2D eigenvalue weighted by Gasteiger charge is 2.18. The molecule has 0 aliphatic carbocycles. The van der Waals surface area contributed by atoms with Gasteiger partial charge in [-0.3, -0.25) is 4.79 Å². The van der Waals surface area contributed by atoms with Crippen LogP contribution in [0, 0.1) is 18.8 Å². The van der Waals surface area contributed by atoms with Crippen LogP contribution in [0.25, 0.3) is 0 Å². The maximum Gasteiger partial charge on any atom is 0.252 e. The minimum atomic E-state index is -0.214. The van der Waals surface area contributed by atoms with Crippen molar-refractivity contribution in [3.63, 3.8) is 0 Å². The summed E-state index contributed by atoms with van der Waals surface area (Å²) in [6.45, 7) is 6.48. The molecule has 3 nitrogen and oxygen atoms in total. The van der Waals surface area contributed by atoms with Gasteiger partial charge in [0.05, 0.1) is 5.56 Å². The van der Waals surface area contributed by atoms with Gasteiger partial charge in [0.15, 0.2) is 0 Å². The van der Waals surface area contributed by atoms with Gasteiger partial charge in [-0.25, -0.2) is 0 Å². The summed E-state index contributed by atoms with van der Waals surface area (Å²) >= 11 is 1.71. The highest BCUT2D eigenvalue weighted by atomic mass is 32.2. The fourth-order valence-electron chi connectivity index (χ4n) is 1.55. The molecule has 0 aromatic heterocycles. The number of amides is 1. The number of aliphatic hydroxyl groups excluding tert-OH is 1. The van der Waals surface area contributed by atoms with Gasteiger partial charge in [-0.05, 0) is 39.2 Å². The lowest BCUT2D eigenvalue weighted by Gasteiger charge is -2.22. The predicted molar refractivity (Wildman–Crippen MR) is 85.1 cm³/mol. The van der Waals surface area contributed by atoms with Gasteiger partial charge in [0.2, 0.25) is 0 Å². The molecule has 0 aliphatic heterocycles. The van der Waals surface area contributed by atoms with E-state index >= 15 is 0 Å². The smallest absolute Gasteiger partial charge is 0.252 e. The maximum atomic E-state index is 12.3. The van der Waals surface area contributed by atoms with Crippen molar-refractivity contribution in [3.8, 4) is 11.8 Å². The molecule has 0 unspecified atom stereocenters. The first kappa shape index (κ1) is 16.6. The normalized spacial score (nSPS) is 10.7. The zero-order chi connectivity index (χ0) is 15.2. The molecule has 1 aromatic rings. The van der Waals surface area contributed by atoms with Crippen LogP contribution in [0.4, 0.5) is 0 Å². The number of aryl methyl sites for hydroxylation is 1. The lowest BCUT2D eigenvalue weighted by atomic mass is 10.0. The second-order valence-electron chi connectivity index (χ2n) is 5.16. The Bertz CT molecular complexity index is 541. The van der Waals surface area contributed by atoms with Gasteiger partial charge < -0.3 is 10.4 Å². The van der Waals surface area contributed by atoms with Crippen molar-refractivity contribution in [1.29, 1.82) is 0 Å². The highest BCUT2D eigenvalue weighted by Crippen LogP contribution is 2.20. The summed E-state index contributed by atoms with van der Waals surface area (Å²) in [5.74, 6) is 5.27. The summed E-state index contributed by atoms with van der Waals surface area (Å²) in [5, 5.41) is 11.7. The number of carbonyl (C=O) groups is 1. The monoisotopic (exact) mass is 291 g/mol. The Labute approximate surface area is 125 Å². The number of hydrogen-bond acceptors (Lipinski definition) is 3. The molecule has 0 saturated carbocycles. The zero-order valence-electron chi connectivity index (χ0n) is 12.4. The standard InChI is InChI=1S/C16H21NO2S/c1-12-7-8-13(6-5-9-18)14(10-12)15(19)17-11-16(2,3)20-4/h7-8,10,18H,9,11H2,1-4H3,(H,17,19). The summed E-state index contributed by atoms with van der Waals surface area (Å²) in [6, 6.07) is 5.54. The molecular weight excluding hydrogens is 270 g/mol. The lowest BCUT2D eigenvalue weighted by molar-refractivity contribution is 0.0950. The van der Waals surface area contributed by atoms with Crippen LogP contribution >= 0.6 is 11.8 Å². The van der Waals surface area contributed by atoms with Crippen LogP contribution in [-0.4, -0.2) is 35.2 Å². The molecule has 20 heavy (non-hydrogen) atoms. The van der Waals surface area contributed by atoms with Crippen LogP contribution in [0.1, 0.15) is 35.3 Å². The molecule has 0 aliphatic rings. The Morgan fingerprint density at radius 3 is 2.75 bits per heavy atom. The molecule has 108 valence electrons. The minimum absolute atomic E-state index is 0.00355. The average Bonchev–Trinajstić information content (AvgIpc) is 2.43. The lowest BCUT2D eigenvalue weighted by Crippen LogP contribution is -2.36. The first-order valence-corrected chi connectivity index (χ1v) is 7.66.